The summed E-state index contributed by atoms with van der Waals surface area (Å²) in [5.74, 6) is -0.525. The summed E-state index contributed by atoms with van der Waals surface area (Å²) in [4.78, 5) is 28.6. The van der Waals surface area contributed by atoms with Crippen LogP contribution in [0.2, 0.25) is 0 Å². The van der Waals surface area contributed by atoms with Crippen LogP contribution in [-0.4, -0.2) is 66.1 Å². The molecule has 1 aliphatic heterocycles. The van der Waals surface area contributed by atoms with Gasteiger partial charge in [-0.3, -0.25) is 20.9 Å². The molecule has 2 amide bonds. The molecule has 3 aromatic carbocycles. The van der Waals surface area contributed by atoms with Gasteiger partial charge in [-0.25, -0.2) is 17.9 Å². The molecule has 0 spiro atoms. The molecule has 252 valence electrons. The van der Waals surface area contributed by atoms with E-state index in [2.05, 4.69) is 15.4 Å². The van der Waals surface area contributed by atoms with E-state index in [1.54, 1.807) is 119 Å². The standard InChI is InChI=1S/C34H44N6O6S/c1-32(2,3)39-47(44,45)28-13-8-7-12-27(28)23-14-16-25(17-15-23)36-30(41)34(37-26-11-9-10-24(22-26)29(35)38-43)18-20-40(21-19-34)31(42)46-33(4,5)6/h7-17,22,37,39,43H,18-21H2,1-6H3,(H2,35,38)(H,36,41). The first-order valence-electron chi connectivity index (χ1n) is 15.3. The maximum atomic E-state index is 14.1. The number of piperidine rings is 1. The van der Waals surface area contributed by atoms with Gasteiger partial charge in [-0.05, 0) is 90.3 Å². The molecule has 0 bridgehead atoms. The van der Waals surface area contributed by atoms with Crippen molar-refractivity contribution in [3.8, 4) is 11.1 Å². The number of amides is 2. The van der Waals surface area contributed by atoms with Gasteiger partial charge < -0.3 is 20.3 Å². The SMILES string of the molecule is CC(C)(C)NS(=O)(=O)c1ccccc1-c1ccc(NC(=O)C2(Nc3cccc(C(=N)NO)c3)CCN(C(=O)OC(C)(C)C)CC2)cc1. The second-order valence-corrected chi connectivity index (χ2v) is 15.3. The zero-order valence-corrected chi connectivity index (χ0v) is 28.4. The molecule has 0 aromatic heterocycles. The smallest absolute Gasteiger partial charge is 0.410 e. The summed E-state index contributed by atoms with van der Waals surface area (Å²) in [7, 11) is -3.81. The first-order valence-corrected chi connectivity index (χ1v) is 16.8. The van der Waals surface area contributed by atoms with Gasteiger partial charge in [0.15, 0.2) is 0 Å². The second-order valence-electron chi connectivity index (χ2n) is 13.6. The van der Waals surface area contributed by atoms with Crippen molar-refractivity contribution < 1.29 is 28.0 Å². The molecule has 4 rings (SSSR count). The van der Waals surface area contributed by atoms with Crippen molar-refractivity contribution in [3.63, 3.8) is 0 Å². The van der Waals surface area contributed by atoms with E-state index >= 15 is 0 Å². The lowest BCUT2D eigenvalue weighted by molar-refractivity contribution is -0.121. The Kier molecular flexibility index (Phi) is 10.3. The van der Waals surface area contributed by atoms with Gasteiger partial charge in [0.05, 0.1) is 4.90 Å². The van der Waals surface area contributed by atoms with Crippen LogP contribution in [-0.2, 0) is 19.6 Å². The molecule has 1 saturated heterocycles. The number of amidine groups is 1. The lowest BCUT2D eigenvalue weighted by atomic mass is 9.85. The van der Waals surface area contributed by atoms with E-state index in [9.17, 15) is 23.2 Å². The van der Waals surface area contributed by atoms with Crippen molar-refractivity contribution in [3.05, 3.63) is 78.4 Å². The second kappa shape index (κ2) is 13.7. The van der Waals surface area contributed by atoms with Crippen LogP contribution in [0.1, 0.15) is 59.9 Å². The normalized spacial score (nSPS) is 15.0. The monoisotopic (exact) mass is 664 g/mol. The first kappa shape index (κ1) is 35.4. The number of ether oxygens (including phenoxy) is 1. The minimum Gasteiger partial charge on any atom is -0.444 e. The van der Waals surface area contributed by atoms with Crippen LogP contribution in [0.4, 0.5) is 16.2 Å². The predicted molar refractivity (Wildman–Crippen MR) is 182 cm³/mol. The summed E-state index contributed by atoms with van der Waals surface area (Å²) in [6.07, 6.45) is 0.0797. The Morgan fingerprint density at radius 1 is 0.894 bits per heavy atom. The van der Waals surface area contributed by atoms with Crippen molar-refractivity contribution in [1.82, 2.24) is 15.1 Å². The number of anilines is 2. The Hall–Kier alpha value is -4.46. The third-order valence-electron chi connectivity index (χ3n) is 7.42. The maximum Gasteiger partial charge on any atom is 0.410 e. The van der Waals surface area contributed by atoms with Crippen molar-refractivity contribution in [2.75, 3.05) is 23.7 Å². The highest BCUT2D eigenvalue weighted by molar-refractivity contribution is 7.89. The van der Waals surface area contributed by atoms with E-state index in [-0.39, 0.29) is 42.6 Å². The Bertz CT molecular complexity index is 1720. The van der Waals surface area contributed by atoms with Crippen LogP contribution >= 0.6 is 0 Å². The molecular weight excluding hydrogens is 620 g/mol. The van der Waals surface area contributed by atoms with Gasteiger partial charge in [0.25, 0.3) is 0 Å². The van der Waals surface area contributed by atoms with Gasteiger partial charge in [-0.1, -0.05) is 42.5 Å². The lowest BCUT2D eigenvalue weighted by Gasteiger charge is -2.42. The van der Waals surface area contributed by atoms with Crippen molar-refractivity contribution in [1.29, 1.82) is 5.41 Å². The number of rotatable bonds is 8. The number of hydroxylamine groups is 1. The van der Waals surface area contributed by atoms with Gasteiger partial charge in [0.1, 0.15) is 17.0 Å². The van der Waals surface area contributed by atoms with Gasteiger partial charge in [-0.2, -0.15) is 0 Å². The Balaban J connectivity index is 1.59. The third kappa shape index (κ3) is 9.09. The molecule has 47 heavy (non-hydrogen) atoms. The Morgan fingerprint density at radius 3 is 2.13 bits per heavy atom. The molecule has 1 heterocycles. The Morgan fingerprint density at radius 2 is 1.53 bits per heavy atom. The third-order valence-corrected chi connectivity index (χ3v) is 9.24. The number of sulfonamides is 1. The number of nitrogens with zero attached hydrogens (tertiary/aromatic N) is 1. The zero-order chi connectivity index (χ0) is 34.6. The molecule has 12 nitrogen and oxygen atoms in total. The van der Waals surface area contributed by atoms with Crippen molar-refractivity contribution in [2.24, 2.45) is 0 Å². The molecular formula is C34H44N6O6S. The summed E-state index contributed by atoms with van der Waals surface area (Å²) in [6, 6.07) is 20.5. The zero-order valence-electron chi connectivity index (χ0n) is 27.6. The quantitative estimate of drug-likeness (QED) is 0.103. The van der Waals surface area contributed by atoms with Crippen LogP contribution in [0.15, 0.2) is 77.7 Å². The fourth-order valence-corrected chi connectivity index (χ4v) is 6.93. The average molecular weight is 665 g/mol. The fraction of sp³-hybridized carbons (Fsp3) is 0.382. The van der Waals surface area contributed by atoms with Crippen molar-refractivity contribution >= 4 is 39.2 Å². The number of hydrogen-bond acceptors (Lipinski definition) is 8. The maximum absolute atomic E-state index is 14.1. The van der Waals surface area contributed by atoms with E-state index in [1.165, 1.54) is 0 Å². The summed E-state index contributed by atoms with van der Waals surface area (Å²) in [5, 5.41) is 23.5. The number of benzene rings is 3. The van der Waals surface area contributed by atoms with Crippen LogP contribution in [0.5, 0.6) is 0 Å². The molecule has 0 saturated carbocycles. The number of carbonyl (C=O) groups excluding carboxylic acids is 2. The van der Waals surface area contributed by atoms with Crippen LogP contribution in [0, 0.1) is 5.41 Å². The molecule has 0 unspecified atom stereocenters. The summed E-state index contributed by atoms with van der Waals surface area (Å²) in [6.45, 7) is 11.2. The fourth-order valence-electron chi connectivity index (χ4n) is 5.28. The van der Waals surface area contributed by atoms with Crippen molar-refractivity contribution in [2.45, 2.75) is 76.0 Å². The van der Waals surface area contributed by atoms with E-state index in [1.807, 2.05) is 5.48 Å². The van der Waals surface area contributed by atoms with E-state index in [0.29, 0.717) is 28.1 Å². The van der Waals surface area contributed by atoms with Crippen LogP contribution in [0.25, 0.3) is 11.1 Å². The molecule has 1 fully saturated rings. The van der Waals surface area contributed by atoms with Gasteiger partial charge in [0, 0.05) is 41.1 Å². The van der Waals surface area contributed by atoms with E-state index in [4.69, 9.17) is 10.1 Å². The number of nitrogens with one attached hydrogen (secondary N) is 5. The number of hydrogen-bond donors (Lipinski definition) is 6. The first-order chi connectivity index (χ1) is 21.9. The molecule has 1 aliphatic rings. The lowest BCUT2D eigenvalue weighted by Crippen LogP contribution is -2.57. The highest BCUT2D eigenvalue weighted by Gasteiger charge is 2.43. The largest absolute Gasteiger partial charge is 0.444 e. The highest BCUT2D eigenvalue weighted by Crippen LogP contribution is 2.32. The van der Waals surface area contributed by atoms with Crippen LogP contribution < -0.4 is 20.8 Å². The number of carbonyl (C=O) groups is 2. The minimum atomic E-state index is -3.81. The van der Waals surface area contributed by atoms with Gasteiger partial charge >= 0.3 is 6.09 Å². The minimum absolute atomic E-state index is 0.151. The average Bonchev–Trinajstić information content (AvgIpc) is 2.99. The van der Waals surface area contributed by atoms with Crippen LogP contribution in [0.3, 0.4) is 0 Å². The molecule has 13 heteroatoms. The molecule has 0 radical (unpaired) electrons. The topological polar surface area (TPSA) is 173 Å². The molecule has 6 N–H and O–H groups in total. The van der Waals surface area contributed by atoms with Gasteiger partial charge in [0.2, 0.25) is 15.9 Å². The molecule has 0 aliphatic carbocycles. The van der Waals surface area contributed by atoms with Gasteiger partial charge in [-0.15, -0.1) is 0 Å². The van der Waals surface area contributed by atoms with E-state index < -0.39 is 32.8 Å². The number of likely N-dealkylation sites (tertiary alicyclic amines) is 1. The molecule has 0 atom stereocenters. The van der Waals surface area contributed by atoms with E-state index in [0.717, 1.165) is 0 Å². The summed E-state index contributed by atoms with van der Waals surface area (Å²) < 4.78 is 34.6. The Labute approximate surface area is 276 Å². The predicted octanol–water partition coefficient (Wildman–Crippen LogP) is 5.55. The summed E-state index contributed by atoms with van der Waals surface area (Å²) >= 11 is 0. The summed E-state index contributed by atoms with van der Waals surface area (Å²) in [5.41, 5.74) is 2.03. The molecule has 3 aromatic rings. The highest BCUT2D eigenvalue weighted by atomic mass is 32.2.